The zero-order valence-electron chi connectivity index (χ0n) is 18.2. The molecule has 0 atom stereocenters. The molecule has 0 aliphatic rings. The quantitative estimate of drug-likeness (QED) is 0.375. The second kappa shape index (κ2) is 9.28. The number of carbonyl (C=O) groups excluding carboxylic acids is 1. The van der Waals surface area contributed by atoms with Crippen LogP contribution in [0.15, 0.2) is 77.8 Å². The largest absolute Gasteiger partial charge is 0.322 e. The van der Waals surface area contributed by atoms with Crippen molar-refractivity contribution < 1.29 is 17.6 Å². The molecule has 4 rings (SSSR count). The first kappa shape index (κ1) is 23.5. The Balaban J connectivity index is 1.60. The predicted octanol–water partition coefficient (Wildman–Crippen LogP) is 5.33. The van der Waals surface area contributed by atoms with Gasteiger partial charge in [-0.25, -0.2) is 17.5 Å². The van der Waals surface area contributed by atoms with Crippen molar-refractivity contribution in [3.05, 3.63) is 101 Å². The van der Waals surface area contributed by atoms with Crippen LogP contribution in [-0.4, -0.2) is 24.1 Å². The lowest BCUT2D eigenvalue weighted by Crippen LogP contribution is -2.17. The summed E-state index contributed by atoms with van der Waals surface area (Å²) in [6, 6.07) is 17.1. The summed E-state index contributed by atoms with van der Waals surface area (Å²) < 4.78 is 44.0. The van der Waals surface area contributed by atoms with Crippen LogP contribution in [-0.2, 0) is 10.0 Å². The number of hydrogen-bond acceptors (Lipinski definition) is 4. The second-order valence-corrected chi connectivity index (χ2v) is 9.58. The third-order valence-electron chi connectivity index (χ3n) is 5.19. The molecule has 1 amide bonds. The lowest BCUT2D eigenvalue weighted by molar-refractivity contribution is 0.102. The number of nitrogens with zero attached hydrogens (tertiary/aromatic N) is 2. The van der Waals surface area contributed by atoms with Gasteiger partial charge in [0.25, 0.3) is 15.9 Å². The Bertz CT molecular complexity index is 1500. The maximum absolute atomic E-state index is 14.2. The third-order valence-corrected chi connectivity index (χ3v) is 7.03. The van der Waals surface area contributed by atoms with E-state index in [1.54, 1.807) is 68.4 Å². The maximum Gasteiger partial charge on any atom is 0.262 e. The number of hydrogen-bond donors (Lipinski definition) is 2. The van der Waals surface area contributed by atoms with Crippen molar-refractivity contribution in [1.82, 2.24) is 9.78 Å². The number of benzene rings is 3. The van der Waals surface area contributed by atoms with E-state index in [4.69, 9.17) is 11.6 Å². The van der Waals surface area contributed by atoms with Gasteiger partial charge in [-0.15, -0.1) is 0 Å². The van der Waals surface area contributed by atoms with Crippen molar-refractivity contribution >= 4 is 38.9 Å². The number of halogens is 2. The highest BCUT2D eigenvalue weighted by Crippen LogP contribution is 2.27. The molecule has 0 aliphatic heterocycles. The fraction of sp³-hybridized carbons (Fsp3) is 0.0833. The van der Waals surface area contributed by atoms with Crippen LogP contribution in [0.2, 0.25) is 5.02 Å². The summed E-state index contributed by atoms with van der Waals surface area (Å²) in [6.45, 7) is 3.29. The first-order valence-electron chi connectivity index (χ1n) is 10.2. The molecule has 0 saturated carbocycles. The van der Waals surface area contributed by atoms with E-state index in [0.29, 0.717) is 11.3 Å². The van der Waals surface area contributed by atoms with E-state index in [2.05, 4.69) is 15.1 Å². The molecule has 7 nitrogen and oxygen atoms in total. The van der Waals surface area contributed by atoms with E-state index in [9.17, 15) is 17.6 Å². The average Bonchev–Trinajstić information content (AvgIpc) is 3.18. The summed E-state index contributed by atoms with van der Waals surface area (Å²) in [5, 5.41) is 7.08. The van der Waals surface area contributed by atoms with Crippen molar-refractivity contribution in [2.75, 3.05) is 10.0 Å². The van der Waals surface area contributed by atoms with Gasteiger partial charge in [0.15, 0.2) is 0 Å². The van der Waals surface area contributed by atoms with Crippen LogP contribution < -0.4 is 10.0 Å². The minimum Gasteiger partial charge on any atom is -0.322 e. The highest BCUT2D eigenvalue weighted by molar-refractivity contribution is 7.92. The second-order valence-electron chi connectivity index (χ2n) is 7.53. The van der Waals surface area contributed by atoms with Crippen LogP contribution in [0.25, 0.3) is 5.69 Å². The Morgan fingerprint density at radius 3 is 2.47 bits per heavy atom. The van der Waals surface area contributed by atoms with Crippen LogP contribution in [0.5, 0.6) is 0 Å². The lowest BCUT2D eigenvalue weighted by Gasteiger charge is -2.13. The molecule has 4 aromatic rings. The molecule has 1 aromatic heterocycles. The molecular weight excluding hydrogens is 479 g/mol. The van der Waals surface area contributed by atoms with Crippen molar-refractivity contribution in [2.24, 2.45) is 0 Å². The highest BCUT2D eigenvalue weighted by atomic mass is 35.5. The molecule has 2 N–H and O–H groups in total. The van der Waals surface area contributed by atoms with Crippen LogP contribution in [0, 0.1) is 19.7 Å². The zero-order valence-corrected chi connectivity index (χ0v) is 19.8. The molecule has 10 heteroatoms. The normalized spacial score (nSPS) is 11.3. The molecule has 1 heterocycles. The van der Waals surface area contributed by atoms with Gasteiger partial charge in [0.05, 0.1) is 33.1 Å². The zero-order chi connectivity index (χ0) is 24.5. The number of rotatable bonds is 6. The number of para-hydroxylation sites is 2. The summed E-state index contributed by atoms with van der Waals surface area (Å²) in [4.78, 5) is 12.9. The van der Waals surface area contributed by atoms with Crippen molar-refractivity contribution in [3.63, 3.8) is 0 Å². The third kappa shape index (κ3) is 4.66. The fourth-order valence-electron chi connectivity index (χ4n) is 3.41. The van der Waals surface area contributed by atoms with Crippen molar-refractivity contribution in [3.8, 4) is 5.69 Å². The number of nitrogens with one attached hydrogen (secondary N) is 2. The molecule has 174 valence electrons. The van der Waals surface area contributed by atoms with E-state index in [0.717, 1.165) is 0 Å². The van der Waals surface area contributed by atoms with Gasteiger partial charge < -0.3 is 5.32 Å². The van der Waals surface area contributed by atoms with Crippen molar-refractivity contribution in [2.45, 2.75) is 18.7 Å². The van der Waals surface area contributed by atoms with Gasteiger partial charge >= 0.3 is 0 Å². The Morgan fingerprint density at radius 1 is 1.03 bits per heavy atom. The molecule has 0 fully saturated rings. The molecule has 0 spiro atoms. The van der Waals surface area contributed by atoms with Gasteiger partial charge in [0.1, 0.15) is 11.5 Å². The first-order valence-corrected chi connectivity index (χ1v) is 12.0. The number of aryl methyl sites for hydroxylation is 1. The molecule has 0 aliphatic carbocycles. The minimum atomic E-state index is -3.98. The minimum absolute atomic E-state index is 0.0102. The fourth-order valence-corrected chi connectivity index (χ4v) is 5.00. The summed E-state index contributed by atoms with van der Waals surface area (Å²) in [5.41, 5.74) is 1.88. The number of aromatic nitrogens is 2. The number of amides is 1. The molecule has 0 saturated heterocycles. The Morgan fingerprint density at radius 2 is 1.74 bits per heavy atom. The van der Waals surface area contributed by atoms with Gasteiger partial charge in [0.2, 0.25) is 0 Å². The van der Waals surface area contributed by atoms with Crippen molar-refractivity contribution in [1.29, 1.82) is 0 Å². The molecule has 0 unspecified atom stereocenters. The summed E-state index contributed by atoms with van der Waals surface area (Å²) >= 11 is 6.08. The van der Waals surface area contributed by atoms with Gasteiger partial charge in [-0.3, -0.25) is 9.52 Å². The monoisotopic (exact) mass is 498 g/mol. The van der Waals surface area contributed by atoms with Gasteiger partial charge in [0, 0.05) is 5.69 Å². The van der Waals surface area contributed by atoms with Crippen LogP contribution in [0.1, 0.15) is 21.6 Å². The van der Waals surface area contributed by atoms with Crippen LogP contribution in [0.3, 0.4) is 0 Å². The number of anilines is 2. The smallest absolute Gasteiger partial charge is 0.262 e. The SMILES string of the molecule is Cc1ccc(NC(=O)c2cnn(-c3ccccc3F)c2C)cc1S(=O)(=O)Nc1ccccc1Cl. The summed E-state index contributed by atoms with van der Waals surface area (Å²) in [7, 11) is -3.98. The van der Waals surface area contributed by atoms with E-state index in [-0.39, 0.29) is 32.5 Å². The summed E-state index contributed by atoms with van der Waals surface area (Å²) in [6.07, 6.45) is 1.34. The molecule has 0 radical (unpaired) electrons. The molecule has 3 aromatic carbocycles. The van der Waals surface area contributed by atoms with E-state index < -0.39 is 21.7 Å². The summed E-state index contributed by atoms with van der Waals surface area (Å²) in [5.74, 6) is -0.980. The topological polar surface area (TPSA) is 93.1 Å². The first-order chi connectivity index (χ1) is 16.2. The predicted molar refractivity (Wildman–Crippen MR) is 130 cm³/mol. The number of carbonyl (C=O) groups is 1. The van der Waals surface area contributed by atoms with Gasteiger partial charge in [-0.05, 0) is 55.8 Å². The van der Waals surface area contributed by atoms with Crippen LogP contribution in [0.4, 0.5) is 15.8 Å². The maximum atomic E-state index is 14.2. The van der Waals surface area contributed by atoms with E-state index in [1.807, 2.05) is 0 Å². The number of sulfonamides is 1. The molecular formula is C24H20ClFN4O3S. The van der Waals surface area contributed by atoms with E-state index in [1.165, 1.54) is 23.0 Å². The van der Waals surface area contributed by atoms with Gasteiger partial charge in [-0.1, -0.05) is 41.9 Å². The van der Waals surface area contributed by atoms with E-state index >= 15 is 0 Å². The highest BCUT2D eigenvalue weighted by Gasteiger charge is 2.21. The Hall–Kier alpha value is -3.69. The van der Waals surface area contributed by atoms with Gasteiger partial charge in [-0.2, -0.15) is 5.10 Å². The standard InChI is InChI=1S/C24H20ClFN4O3S/c1-15-11-12-17(13-23(15)34(32,33)29-21-9-5-3-7-19(21)25)28-24(31)18-14-27-30(16(18)2)22-10-6-4-8-20(22)26/h3-14,29H,1-2H3,(H,28,31). The molecule has 34 heavy (non-hydrogen) atoms. The Labute approximate surface area is 201 Å². The van der Waals surface area contributed by atoms with Crippen LogP contribution >= 0.6 is 11.6 Å². The Kier molecular flexibility index (Phi) is 6.41. The molecule has 0 bridgehead atoms. The average molecular weight is 499 g/mol. The lowest BCUT2D eigenvalue weighted by atomic mass is 10.2.